The van der Waals surface area contributed by atoms with Gasteiger partial charge in [-0.25, -0.2) is 0 Å². The maximum atomic E-state index is 2.54. The monoisotopic (exact) mass is 1280 g/mol. The summed E-state index contributed by atoms with van der Waals surface area (Å²) in [6.07, 6.45) is 0. The molecule has 0 aliphatic carbocycles. The molecule has 5 heteroatoms. The van der Waals surface area contributed by atoms with E-state index < -0.39 is 0 Å². The van der Waals surface area contributed by atoms with E-state index in [0.717, 1.165) is 98.2 Å². The zero-order valence-corrected chi connectivity index (χ0v) is 56.7. The van der Waals surface area contributed by atoms with Crippen molar-refractivity contribution >= 4 is 0 Å². The fraction of sp³-hybridized carbons (Fsp3) is 0.161. The van der Waals surface area contributed by atoms with Crippen LogP contribution in [0.2, 0.25) is 0 Å². The number of hydrogen-bond donors (Lipinski definition) is 0. The summed E-state index contributed by atoms with van der Waals surface area (Å²) < 4.78 is 0. The standard InChI is InChI=1S/2C36H36N2.C21H21N/c1-5-14-31(15-6-1)25-37(26-32-16-7-2-8-17-32)29-35-22-13-23-36(24-35)30-38(27-33-18-9-3-10-19-33)28-34-20-11-4-12-21-34;1-5-13-31(14-6-1)25-37(26-32-15-7-2-8-16-32)29-35-21-23-36(24-22-35)30-38(27-33-17-9-3-10-18-33)28-34-19-11-4-12-20-34;1-4-10-19(11-5-1)16-22(17-20-12-6-2-7-13-20)18-21-14-8-3-9-15-21/h2*1-24H,25-30H2;1-15H,16-18H2. The van der Waals surface area contributed by atoms with Crippen LogP contribution in [0, 0.1) is 0 Å². The Morgan fingerprint density at radius 3 is 0.337 bits per heavy atom. The summed E-state index contributed by atoms with van der Waals surface area (Å²) in [5, 5.41) is 0. The van der Waals surface area contributed by atoms with Crippen molar-refractivity contribution in [2.45, 2.75) is 98.2 Å². The van der Waals surface area contributed by atoms with Crippen LogP contribution < -0.4 is 0 Å². The molecular weight excluding hydrogens is 1190 g/mol. The molecule has 0 N–H and O–H groups in total. The second-order valence-electron chi connectivity index (χ2n) is 25.7. The normalized spacial score (nSPS) is 11.1. The third-order valence-corrected chi connectivity index (χ3v) is 17.4. The molecule has 13 aromatic carbocycles. The van der Waals surface area contributed by atoms with Crippen LogP contribution in [0.5, 0.6) is 0 Å². The minimum Gasteiger partial charge on any atom is -0.291 e. The number of benzene rings is 13. The number of rotatable bonds is 30. The topological polar surface area (TPSA) is 16.2 Å². The Balaban J connectivity index is 0.000000154. The molecular formula is C93H93N5. The molecule has 0 spiro atoms. The van der Waals surface area contributed by atoms with Crippen LogP contribution in [0.15, 0.2) is 382 Å². The van der Waals surface area contributed by atoms with Gasteiger partial charge in [-0.3, -0.25) is 24.5 Å². The van der Waals surface area contributed by atoms with Gasteiger partial charge in [-0.15, -0.1) is 0 Å². The predicted molar refractivity (Wildman–Crippen MR) is 409 cm³/mol. The SMILES string of the molecule is c1ccc(CN(Cc2ccccc2)Cc2ccc(CN(Cc3ccccc3)Cc3ccccc3)cc2)cc1.c1ccc(CN(Cc2ccccc2)Cc2cccc(CN(Cc3ccccc3)Cc3ccccc3)c2)cc1.c1ccc(CN(Cc2ccccc2)Cc2ccccc2)cc1. The van der Waals surface area contributed by atoms with Gasteiger partial charge >= 0.3 is 0 Å². The average molecular weight is 1280 g/mol. The van der Waals surface area contributed by atoms with Crippen LogP contribution in [-0.4, -0.2) is 24.5 Å². The Kier molecular flexibility index (Phi) is 27.5. The Morgan fingerprint density at radius 2 is 0.204 bits per heavy atom. The zero-order valence-electron chi connectivity index (χ0n) is 56.7. The minimum atomic E-state index is 0.912. The van der Waals surface area contributed by atoms with Gasteiger partial charge in [0.25, 0.3) is 0 Å². The molecule has 0 unspecified atom stereocenters. The molecule has 0 saturated heterocycles. The van der Waals surface area contributed by atoms with Crippen LogP contribution in [0.4, 0.5) is 0 Å². The second-order valence-corrected chi connectivity index (χ2v) is 25.7. The van der Waals surface area contributed by atoms with Crippen LogP contribution in [-0.2, 0) is 98.2 Å². The maximum Gasteiger partial charge on any atom is 0.0240 e. The van der Waals surface area contributed by atoms with Crippen molar-refractivity contribution in [2.24, 2.45) is 0 Å². The van der Waals surface area contributed by atoms with E-state index in [9.17, 15) is 0 Å². The molecule has 0 saturated carbocycles. The van der Waals surface area contributed by atoms with E-state index in [1.807, 2.05) is 0 Å². The van der Waals surface area contributed by atoms with Gasteiger partial charge in [0.2, 0.25) is 0 Å². The summed E-state index contributed by atoms with van der Waals surface area (Å²) in [5.74, 6) is 0. The van der Waals surface area contributed by atoms with Crippen LogP contribution in [0.3, 0.4) is 0 Å². The van der Waals surface area contributed by atoms with E-state index in [4.69, 9.17) is 0 Å². The lowest BCUT2D eigenvalue weighted by Gasteiger charge is -2.25. The van der Waals surface area contributed by atoms with E-state index in [-0.39, 0.29) is 0 Å². The van der Waals surface area contributed by atoms with Gasteiger partial charge in [-0.2, -0.15) is 0 Å². The molecule has 98 heavy (non-hydrogen) atoms. The molecule has 0 heterocycles. The van der Waals surface area contributed by atoms with Gasteiger partial charge < -0.3 is 0 Å². The lowest BCUT2D eigenvalue weighted by atomic mass is 10.1. The molecule has 0 aliphatic heterocycles. The zero-order chi connectivity index (χ0) is 66.7. The molecule has 0 atom stereocenters. The van der Waals surface area contributed by atoms with E-state index in [1.165, 1.54) is 83.5 Å². The molecule has 0 bridgehead atoms. The van der Waals surface area contributed by atoms with E-state index in [2.05, 4.69) is 407 Å². The van der Waals surface area contributed by atoms with E-state index in [0.29, 0.717) is 0 Å². The van der Waals surface area contributed by atoms with Crippen molar-refractivity contribution in [3.8, 4) is 0 Å². The summed E-state index contributed by atoms with van der Waals surface area (Å²) in [7, 11) is 0. The lowest BCUT2D eigenvalue weighted by Crippen LogP contribution is -2.23. The van der Waals surface area contributed by atoms with Gasteiger partial charge in [0.1, 0.15) is 0 Å². The first kappa shape index (κ1) is 69.0. The highest BCUT2D eigenvalue weighted by Crippen LogP contribution is 2.22. The van der Waals surface area contributed by atoms with Gasteiger partial charge in [0.05, 0.1) is 0 Å². The molecule has 0 radical (unpaired) electrons. The molecule has 5 nitrogen and oxygen atoms in total. The average Bonchev–Trinajstić information content (AvgIpc) is 1.18. The van der Waals surface area contributed by atoms with E-state index in [1.54, 1.807) is 0 Å². The summed E-state index contributed by atoms with van der Waals surface area (Å²) in [5.41, 5.74) is 20.2. The predicted octanol–water partition coefficient (Wildman–Crippen LogP) is 21.1. The van der Waals surface area contributed by atoms with Crippen LogP contribution >= 0.6 is 0 Å². The van der Waals surface area contributed by atoms with Crippen molar-refractivity contribution in [1.29, 1.82) is 0 Å². The molecule has 0 aliphatic rings. The van der Waals surface area contributed by atoms with Crippen LogP contribution in [0.25, 0.3) is 0 Å². The highest BCUT2D eigenvalue weighted by atomic mass is 15.1. The highest BCUT2D eigenvalue weighted by Gasteiger charge is 2.15. The summed E-state index contributed by atoms with van der Waals surface area (Å²) >= 11 is 0. The van der Waals surface area contributed by atoms with Crippen molar-refractivity contribution in [2.75, 3.05) is 0 Å². The third kappa shape index (κ3) is 24.7. The Labute approximate surface area is 584 Å². The Bertz CT molecular complexity index is 3730. The summed E-state index contributed by atoms with van der Waals surface area (Å²) in [6, 6.07) is 137. The molecule has 13 aromatic rings. The summed E-state index contributed by atoms with van der Waals surface area (Å²) in [6.45, 7) is 14.0. The quantitative estimate of drug-likeness (QED) is 0.0445. The third-order valence-electron chi connectivity index (χ3n) is 17.4. The van der Waals surface area contributed by atoms with Gasteiger partial charge in [-0.05, 0) is 83.5 Å². The van der Waals surface area contributed by atoms with Crippen LogP contribution in [0.1, 0.15) is 83.5 Å². The first-order chi connectivity index (χ1) is 48.5. The first-order valence-corrected chi connectivity index (χ1v) is 34.7. The van der Waals surface area contributed by atoms with Crippen molar-refractivity contribution < 1.29 is 0 Å². The van der Waals surface area contributed by atoms with Crippen molar-refractivity contribution in [1.82, 2.24) is 24.5 Å². The maximum absolute atomic E-state index is 2.54. The van der Waals surface area contributed by atoms with Gasteiger partial charge in [0.15, 0.2) is 0 Å². The largest absolute Gasteiger partial charge is 0.291 e. The minimum absolute atomic E-state index is 0.912. The van der Waals surface area contributed by atoms with E-state index >= 15 is 0 Å². The molecule has 0 aromatic heterocycles. The molecule has 13 rings (SSSR count). The summed E-state index contributed by atoms with van der Waals surface area (Å²) in [4.78, 5) is 12.6. The van der Waals surface area contributed by atoms with Crippen molar-refractivity contribution in [3.05, 3.63) is 466 Å². The Morgan fingerprint density at radius 1 is 0.102 bits per heavy atom. The highest BCUT2D eigenvalue weighted by molar-refractivity contribution is 5.29. The fourth-order valence-corrected chi connectivity index (χ4v) is 12.7. The lowest BCUT2D eigenvalue weighted by molar-refractivity contribution is 0.243. The number of nitrogens with zero attached hydrogens (tertiary/aromatic N) is 5. The Hall–Kier alpha value is -10.3. The fourth-order valence-electron chi connectivity index (χ4n) is 12.7. The van der Waals surface area contributed by atoms with Crippen molar-refractivity contribution in [3.63, 3.8) is 0 Å². The number of hydrogen-bond acceptors (Lipinski definition) is 5. The first-order valence-electron chi connectivity index (χ1n) is 34.7. The smallest absolute Gasteiger partial charge is 0.0240 e. The molecule has 0 amide bonds. The molecule has 490 valence electrons. The molecule has 0 fully saturated rings. The van der Waals surface area contributed by atoms with Gasteiger partial charge in [-0.1, -0.05) is 382 Å². The second kappa shape index (κ2) is 39.0. The van der Waals surface area contributed by atoms with Gasteiger partial charge in [0, 0.05) is 98.2 Å².